The van der Waals surface area contributed by atoms with Crippen LogP contribution in [0.3, 0.4) is 0 Å². The van der Waals surface area contributed by atoms with Crippen molar-refractivity contribution in [2.45, 2.75) is 0 Å². The van der Waals surface area contributed by atoms with Gasteiger partial charge >= 0.3 is 0 Å². The molecule has 3 heterocycles. The monoisotopic (exact) mass is 352 g/mol. The molecule has 0 saturated carbocycles. The Balaban J connectivity index is 1.64. The molecule has 0 radical (unpaired) electrons. The zero-order valence-electron chi connectivity index (χ0n) is 10.8. The Labute approximate surface area is 131 Å². The lowest BCUT2D eigenvalue weighted by Crippen LogP contribution is -2.47. The van der Waals surface area contributed by atoms with Crippen molar-refractivity contribution in [2.24, 2.45) is 0 Å². The molecule has 2 aromatic heterocycles. The van der Waals surface area contributed by atoms with E-state index in [1.165, 1.54) is 0 Å². The van der Waals surface area contributed by atoms with Gasteiger partial charge in [0, 0.05) is 43.0 Å². The first-order valence-corrected chi connectivity index (χ1v) is 7.62. The van der Waals surface area contributed by atoms with Crippen LogP contribution in [0.25, 0.3) is 0 Å². The van der Waals surface area contributed by atoms with Crippen molar-refractivity contribution in [1.82, 2.24) is 9.97 Å². The number of aromatic nitrogens is 2. The Kier molecular flexibility index (Phi) is 4.08. The van der Waals surface area contributed by atoms with E-state index in [2.05, 4.69) is 35.7 Å². The molecule has 0 bridgehead atoms. The summed E-state index contributed by atoms with van der Waals surface area (Å²) in [7, 11) is 0. The summed E-state index contributed by atoms with van der Waals surface area (Å²) in [5, 5.41) is 0.673. The van der Waals surface area contributed by atoms with Crippen LogP contribution < -0.4 is 9.80 Å². The lowest BCUT2D eigenvalue weighted by molar-refractivity contribution is 0.641. The van der Waals surface area contributed by atoms with Crippen molar-refractivity contribution in [3.8, 4) is 0 Å². The van der Waals surface area contributed by atoms with E-state index in [4.69, 9.17) is 11.6 Å². The van der Waals surface area contributed by atoms with Crippen molar-refractivity contribution >= 4 is 39.2 Å². The van der Waals surface area contributed by atoms with Crippen LogP contribution in [0.1, 0.15) is 0 Å². The SMILES string of the molecule is Clc1ccc(N2CCN(c3ccc(Br)cn3)CC2)nc1. The predicted molar refractivity (Wildman–Crippen MR) is 85.6 cm³/mol. The van der Waals surface area contributed by atoms with Crippen LogP contribution in [0.15, 0.2) is 41.1 Å². The molecule has 1 saturated heterocycles. The maximum Gasteiger partial charge on any atom is 0.128 e. The van der Waals surface area contributed by atoms with Gasteiger partial charge < -0.3 is 9.80 Å². The van der Waals surface area contributed by atoms with Crippen molar-refractivity contribution < 1.29 is 0 Å². The van der Waals surface area contributed by atoms with Gasteiger partial charge in [-0.25, -0.2) is 9.97 Å². The molecule has 20 heavy (non-hydrogen) atoms. The molecule has 2 aromatic rings. The zero-order chi connectivity index (χ0) is 13.9. The minimum atomic E-state index is 0.673. The number of rotatable bonds is 2. The molecule has 1 aliphatic rings. The summed E-state index contributed by atoms with van der Waals surface area (Å²) in [6.07, 6.45) is 3.53. The Bertz CT molecular complexity index is 511. The minimum Gasteiger partial charge on any atom is -0.353 e. The van der Waals surface area contributed by atoms with Gasteiger partial charge in [0.05, 0.1) is 5.02 Å². The number of hydrogen-bond donors (Lipinski definition) is 0. The lowest BCUT2D eigenvalue weighted by atomic mass is 10.3. The van der Waals surface area contributed by atoms with Crippen molar-refractivity contribution in [3.05, 3.63) is 46.2 Å². The maximum atomic E-state index is 5.87. The molecule has 1 aliphatic heterocycles. The van der Waals surface area contributed by atoms with Crippen LogP contribution in [0.4, 0.5) is 11.6 Å². The highest BCUT2D eigenvalue weighted by Crippen LogP contribution is 2.19. The maximum absolute atomic E-state index is 5.87. The van der Waals surface area contributed by atoms with Crippen molar-refractivity contribution in [1.29, 1.82) is 0 Å². The van der Waals surface area contributed by atoms with Gasteiger partial charge in [0.1, 0.15) is 11.6 Å². The van der Waals surface area contributed by atoms with Gasteiger partial charge in [-0.05, 0) is 40.2 Å². The second-order valence-corrected chi connectivity index (χ2v) is 6.00. The van der Waals surface area contributed by atoms with Crippen molar-refractivity contribution in [3.63, 3.8) is 0 Å². The van der Waals surface area contributed by atoms with E-state index in [0.29, 0.717) is 5.02 Å². The lowest BCUT2D eigenvalue weighted by Gasteiger charge is -2.36. The molecule has 3 rings (SSSR count). The average molecular weight is 354 g/mol. The molecule has 104 valence electrons. The quantitative estimate of drug-likeness (QED) is 0.830. The Morgan fingerprint density at radius 3 is 1.85 bits per heavy atom. The van der Waals surface area contributed by atoms with Gasteiger partial charge in [0.15, 0.2) is 0 Å². The summed E-state index contributed by atoms with van der Waals surface area (Å²) < 4.78 is 1.00. The number of halogens is 2. The zero-order valence-corrected chi connectivity index (χ0v) is 13.2. The molecule has 4 nitrogen and oxygen atoms in total. The topological polar surface area (TPSA) is 32.3 Å². The molecule has 0 aromatic carbocycles. The number of anilines is 2. The molecule has 0 spiro atoms. The highest BCUT2D eigenvalue weighted by Gasteiger charge is 2.18. The third kappa shape index (κ3) is 3.04. The van der Waals surface area contributed by atoms with E-state index in [0.717, 1.165) is 42.3 Å². The van der Waals surface area contributed by atoms with E-state index >= 15 is 0 Å². The third-order valence-corrected chi connectivity index (χ3v) is 4.04. The summed E-state index contributed by atoms with van der Waals surface area (Å²) >= 11 is 9.27. The van der Waals surface area contributed by atoms with E-state index in [9.17, 15) is 0 Å². The van der Waals surface area contributed by atoms with Crippen LogP contribution >= 0.6 is 27.5 Å². The smallest absolute Gasteiger partial charge is 0.128 e. The summed E-state index contributed by atoms with van der Waals surface area (Å²) in [5.74, 6) is 2.01. The first-order chi connectivity index (χ1) is 9.72. The van der Waals surface area contributed by atoms with Gasteiger partial charge in [0.25, 0.3) is 0 Å². The molecule has 0 aliphatic carbocycles. The van der Waals surface area contributed by atoms with Crippen LogP contribution in [-0.2, 0) is 0 Å². The average Bonchev–Trinajstić information content (AvgIpc) is 2.49. The van der Waals surface area contributed by atoms with E-state index < -0.39 is 0 Å². The first-order valence-electron chi connectivity index (χ1n) is 6.45. The minimum absolute atomic E-state index is 0.673. The first kappa shape index (κ1) is 13.6. The van der Waals surface area contributed by atoms with Crippen LogP contribution in [-0.4, -0.2) is 36.1 Å². The van der Waals surface area contributed by atoms with Crippen molar-refractivity contribution in [2.75, 3.05) is 36.0 Å². The van der Waals surface area contributed by atoms with Crippen LogP contribution in [0.2, 0.25) is 5.02 Å². The van der Waals surface area contributed by atoms with Gasteiger partial charge in [0.2, 0.25) is 0 Å². The fourth-order valence-electron chi connectivity index (χ4n) is 2.27. The van der Waals surface area contributed by atoms with Crippen LogP contribution in [0.5, 0.6) is 0 Å². The summed E-state index contributed by atoms with van der Waals surface area (Å²) in [6, 6.07) is 7.91. The second-order valence-electron chi connectivity index (χ2n) is 4.64. The fourth-order valence-corrected chi connectivity index (χ4v) is 2.62. The van der Waals surface area contributed by atoms with E-state index in [1.807, 2.05) is 30.5 Å². The molecule has 0 unspecified atom stereocenters. The summed E-state index contributed by atoms with van der Waals surface area (Å²) in [4.78, 5) is 13.4. The second kappa shape index (κ2) is 5.97. The standard InChI is InChI=1S/C14H14BrClN4/c15-11-1-3-13(17-9-11)19-5-7-20(8-6-19)14-4-2-12(16)10-18-14/h1-4,9-10H,5-8H2. The Morgan fingerprint density at radius 2 is 1.40 bits per heavy atom. The number of nitrogens with zero attached hydrogens (tertiary/aromatic N) is 4. The molecular weight excluding hydrogens is 340 g/mol. The van der Waals surface area contributed by atoms with Gasteiger partial charge in [-0.3, -0.25) is 0 Å². The van der Waals surface area contributed by atoms with Gasteiger partial charge in [-0.2, -0.15) is 0 Å². The Hall–Kier alpha value is -1.33. The molecule has 0 atom stereocenters. The number of piperazine rings is 1. The molecule has 6 heteroatoms. The largest absolute Gasteiger partial charge is 0.353 e. The molecule has 1 fully saturated rings. The molecule has 0 N–H and O–H groups in total. The highest BCUT2D eigenvalue weighted by molar-refractivity contribution is 9.10. The predicted octanol–water partition coefficient (Wildman–Crippen LogP) is 3.22. The molecular formula is C14H14BrClN4. The number of hydrogen-bond acceptors (Lipinski definition) is 4. The highest BCUT2D eigenvalue weighted by atomic mass is 79.9. The van der Waals surface area contributed by atoms with Gasteiger partial charge in [-0.15, -0.1) is 0 Å². The normalized spacial score (nSPS) is 15.5. The Morgan fingerprint density at radius 1 is 0.850 bits per heavy atom. The third-order valence-electron chi connectivity index (χ3n) is 3.35. The van der Waals surface area contributed by atoms with Crippen LogP contribution in [0, 0.1) is 0 Å². The fraction of sp³-hybridized carbons (Fsp3) is 0.286. The summed E-state index contributed by atoms with van der Waals surface area (Å²) in [6.45, 7) is 3.76. The van der Waals surface area contributed by atoms with Gasteiger partial charge in [-0.1, -0.05) is 11.6 Å². The van der Waals surface area contributed by atoms with E-state index in [1.54, 1.807) is 6.20 Å². The molecule has 0 amide bonds. The number of pyridine rings is 2. The summed E-state index contributed by atoms with van der Waals surface area (Å²) in [5.41, 5.74) is 0. The van der Waals surface area contributed by atoms with E-state index in [-0.39, 0.29) is 0 Å².